The van der Waals surface area contributed by atoms with Crippen LogP contribution in [0.2, 0.25) is 0 Å². The molecule has 102 valence electrons. The summed E-state index contributed by atoms with van der Waals surface area (Å²) < 4.78 is 42.3. The summed E-state index contributed by atoms with van der Waals surface area (Å²) in [5, 5.41) is 4.67. The maximum absolute atomic E-state index is 13.6. The van der Waals surface area contributed by atoms with Crippen molar-refractivity contribution in [3.05, 3.63) is 57.2 Å². The highest BCUT2D eigenvalue weighted by molar-refractivity contribution is 14.1. The van der Waals surface area contributed by atoms with E-state index < -0.39 is 17.5 Å². The first-order chi connectivity index (χ1) is 9.56. The van der Waals surface area contributed by atoms with Crippen molar-refractivity contribution < 1.29 is 13.2 Å². The Balaban J connectivity index is 2.12. The molecule has 0 atom stereocenters. The van der Waals surface area contributed by atoms with E-state index in [2.05, 4.69) is 10.1 Å². The van der Waals surface area contributed by atoms with Gasteiger partial charge in [0.1, 0.15) is 21.2 Å². The van der Waals surface area contributed by atoms with E-state index in [-0.39, 0.29) is 12.1 Å². The lowest BCUT2D eigenvalue weighted by atomic mass is 10.2. The molecule has 0 unspecified atom stereocenters. The average Bonchev–Trinajstić information content (AvgIpc) is 2.70. The quantitative estimate of drug-likeness (QED) is 0.629. The highest BCUT2D eigenvalue weighted by Gasteiger charge is 2.15. The van der Waals surface area contributed by atoms with Crippen molar-refractivity contribution in [3.8, 4) is 0 Å². The first-order valence-corrected chi connectivity index (χ1v) is 6.74. The highest BCUT2D eigenvalue weighted by Crippen LogP contribution is 2.21. The Labute approximate surface area is 125 Å². The smallest absolute Gasteiger partial charge is 0.159 e. The van der Waals surface area contributed by atoms with Crippen LogP contribution in [0.5, 0.6) is 0 Å². The molecule has 0 fully saturated rings. The number of benzene rings is 1. The van der Waals surface area contributed by atoms with E-state index in [9.17, 15) is 13.2 Å². The Hall–Kier alpha value is -1.64. The van der Waals surface area contributed by atoms with Gasteiger partial charge in [0.25, 0.3) is 0 Å². The van der Waals surface area contributed by atoms with E-state index in [0.717, 1.165) is 6.20 Å². The van der Waals surface area contributed by atoms with Crippen molar-refractivity contribution in [3.63, 3.8) is 0 Å². The topological polar surface area (TPSA) is 30.7 Å². The van der Waals surface area contributed by atoms with Crippen LogP contribution in [0.4, 0.5) is 13.2 Å². The van der Waals surface area contributed by atoms with Gasteiger partial charge in [-0.2, -0.15) is 5.10 Å². The number of pyridine rings is 1. The number of fused-ring (bicyclic) bond motifs is 1. The lowest BCUT2D eigenvalue weighted by molar-refractivity contribution is 0.535. The van der Waals surface area contributed by atoms with Gasteiger partial charge >= 0.3 is 0 Å². The van der Waals surface area contributed by atoms with Crippen LogP contribution in [0.3, 0.4) is 0 Å². The predicted octanol–water partition coefficient (Wildman–Crippen LogP) is 3.50. The molecule has 3 rings (SSSR count). The molecule has 7 heteroatoms. The summed E-state index contributed by atoms with van der Waals surface area (Å²) in [7, 11) is 0. The molecule has 1 aromatic carbocycles. The van der Waals surface area contributed by atoms with E-state index in [1.54, 1.807) is 0 Å². The SMILES string of the molecule is Fc1cnc2c(c1)c(I)nn2Cc1c(F)cccc1F. The second-order valence-electron chi connectivity index (χ2n) is 4.17. The molecule has 0 aliphatic heterocycles. The summed E-state index contributed by atoms with van der Waals surface area (Å²) in [5.74, 6) is -1.77. The molecular formula is C13H7F3IN3. The van der Waals surface area contributed by atoms with Gasteiger partial charge < -0.3 is 0 Å². The van der Waals surface area contributed by atoms with Crippen LogP contribution in [0.15, 0.2) is 30.5 Å². The zero-order valence-corrected chi connectivity index (χ0v) is 12.1. The van der Waals surface area contributed by atoms with Gasteiger partial charge in [-0.1, -0.05) is 6.07 Å². The Bertz CT molecular complexity index is 781. The molecule has 2 heterocycles. The van der Waals surface area contributed by atoms with E-state index in [0.29, 0.717) is 14.7 Å². The second kappa shape index (κ2) is 5.04. The number of hydrogen-bond donors (Lipinski definition) is 0. The fourth-order valence-electron chi connectivity index (χ4n) is 1.94. The van der Waals surface area contributed by atoms with Crippen molar-refractivity contribution in [1.29, 1.82) is 0 Å². The summed E-state index contributed by atoms with van der Waals surface area (Å²) >= 11 is 1.93. The molecular weight excluding hydrogens is 382 g/mol. The average molecular weight is 389 g/mol. The number of rotatable bonds is 2. The zero-order valence-electron chi connectivity index (χ0n) is 9.95. The number of hydrogen-bond acceptors (Lipinski definition) is 2. The van der Waals surface area contributed by atoms with Crippen molar-refractivity contribution in [1.82, 2.24) is 14.8 Å². The van der Waals surface area contributed by atoms with Crippen LogP contribution in [0.1, 0.15) is 5.56 Å². The molecule has 3 nitrogen and oxygen atoms in total. The number of nitrogens with zero attached hydrogens (tertiary/aromatic N) is 3. The van der Waals surface area contributed by atoms with Gasteiger partial charge in [-0.05, 0) is 40.8 Å². The van der Waals surface area contributed by atoms with E-state index >= 15 is 0 Å². The molecule has 0 N–H and O–H groups in total. The van der Waals surface area contributed by atoms with Gasteiger partial charge in [0.15, 0.2) is 5.65 Å². The fraction of sp³-hybridized carbons (Fsp3) is 0.0769. The lowest BCUT2D eigenvalue weighted by Crippen LogP contribution is -2.07. The maximum Gasteiger partial charge on any atom is 0.159 e. The Kier molecular flexibility index (Phi) is 3.36. The third kappa shape index (κ3) is 2.26. The minimum absolute atomic E-state index is 0.0978. The van der Waals surface area contributed by atoms with Crippen LogP contribution in [-0.4, -0.2) is 14.8 Å². The van der Waals surface area contributed by atoms with Crippen molar-refractivity contribution in [2.75, 3.05) is 0 Å². The molecule has 20 heavy (non-hydrogen) atoms. The molecule has 0 radical (unpaired) electrons. The van der Waals surface area contributed by atoms with Crippen LogP contribution in [-0.2, 0) is 6.54 Å². The minimum Gasteiger partial charge on any atom is -0.242 e. The monoisotopic (exact) mass is 389 g/mol. The Morgan fingerprint density at radius 3 is 2.55 bits per heavy atom. The number of aromatic nitrogens is 3. The Morgan fingerprint density at radius 1 is 1.15 bits per heavy atom. The predicted molar refractivity (Wildman–Crippen MR) is 75.7 cm³/mol. The first kappa shape index (κ1) is 13.3. The summed E-state index contributed by atoms with van der Waals surface area (Å²) in [6.07, 6.45) is 1.05. The molecule has 0 spiro atoms. The van der Waals surface area contributed by atoms with Crippen LogP contribution < -0.4 is 0 Å². The summed E-state index contributed by atoms with van der Waals surface area (Å²) in [5.41, 5.74) is 0.290. The van der Waals surface area contributed by atoms with Gasteiger partial charge in [-0.3, -0.25) is 0 Å². The molecule has 0 aliphatic rings. The summed E-state index contributed by atoms with van der Waals surface area (Å²) in [4.78, 5) is 3.93. The molecule has 0 aliphatic carbocycles. The molecule has 2 aromatic heterocycles. The van der Waals surface area contributed by atoms with Crippen molar-refractivity contribution >= 4 is 33.6 Å². The summed E-state index contributed by atoms with van der Waals surface area (Å²) in [6.45, 7) is -0.101. The van der Waals surface area contributed by atoms with E-state index in [1.807, 2.05) is 22.6 Å². The molecule has 0 saturated heterocycles. The minimum atomic E-state index is -0.647. The van der Waals surface area contributed by atoms with Crippen molar-refractivity contribution in [2.45, 2.75) is 6.54 Å². The Morgan fingerprint density at radius 2 is 1.85 bits per heavy atom. The van der Waals surface area contributed by atoms with Gasteiger partial charge in [-0.25, -0.2) is 22.8 Å². The third-order valence-corrected chi connectivity index (χ3v) is 3.67. The standard InChI is InChI=1S/C13H7F3IN3/c14-7-4-8-12(17)19-20(13(8)18-5-7)6-9-10(15)2-1-3-11(9)16/h1-5H,6H2. The van der Waals surface area contributed by atoms with Crippen LogP contribution in [0.25, 0.3) is 11.0 Å². The second-order valence-corrected chi connectivity index (χ2v) is 5.20. The van der Waals surface area contributed by atoms with Crippen LogP contribution in [0, 0.1) is 21.2 Å². The third-order valence-electron chi connectivity index (χ3n) is 2.88. The normalized spacial score (nSPS) is 11.2. The molecule has 0 bridgehead atoms. The molecule has 0 amide bonds. The largest absolute Gasteiger partial charge is 0.242 e. The van der Waals surface area contributed by atoms with Crippen LogP contribution >= 0.6 is 22.6 Å². The molecule has 3 aromatic rings. The maximum atomic E-state index is 13.6. The van der Waals surface area contributed by atoms with Gasteiger partial charge in [0.05, 0.1) is 18.1 Å². The van der Waals surface area contributed by atoms with Gasteiger partial charge in [0.2, 0.25) is 0 Å². The summed E-state index contributed by atoms with van der Waals surface area (Å²) in [6, 6.07) is 4.96. The highest BCUT2D eigenvalue weighted by atomic mass is 127. The van der Waals surface area contributed by atoms with E-state index in [1.165, 1.54) is 28.9 Å². The first-order valence-electron chi connectivity index (χ1n) is 5.66. The van der Waals surface area contributed by atoms with Gasteiger partial charge in [-0.15, -0.1) is 0 Å². The zero-order chi connectivity index (χ0) is 14.3. The van der Waals surface area contributed by atoms with E-state index in [4.69, 9.17) is 0 Å². The number of halogens is 4. The lowest BCUT2D eigenvalue weighted by Gasteiger charge is -2.05. The van der Waals surface area contributed by atoms with Crippen molar-refractivity contribution in [2.24, 2.45) is 0 Å². The van der Waals surface area contributed by atoms with Gasteiger partial charge in [0, 0.05) is 5.56 Å². The fourth-order valence-corrected chi connectivity index (χ4v) is 2.60. The molecule has 0 saturated carbocycles.